The monoisotopic (exact) mass is 419 g/mol. The molecule has 0 unspecified atom stereocenters. The van der Waals surface area contributed by atoms with Crippen LogP contribution in [0.15, 0.2) is 34.1 Å². The molecule has 28 heavy (non-hydrogen) atoms. The summed E-state index contributed by atoms with van der Waals surface area (Å²) in [6, 6.07) is 7.48. The molecule has 1 aromatic rings. The van der Waals surface area contributed by atoms with Crippen molar-refractivity contribution in [2.24, 2.45) is 0 Å². The second-order valence-electron chi connectivity index (χ2n) is 7.14. The van der Waals surface area contributed by atoms with Gasteiger partial charge in [0, 0.05) is 44.2 Å². The van der Waals surface area contributed by atoms with Crippen molar-refractivity contribution >= 4 is 41.0 Å². The number of imide groups is 1. The van der Waals surface area contributed by atoms with Crippen LogP contribution in [0.25, 0.3) is 0 Å². The number of rotatable bonds is 6. The molecule has 6 nitrogen and oxygen atoms in total. The summed E-state index contributed by atoms with van der Waals surface area (Å²) in [7, 11) is 0. The van der Waals surface area contributed by atoms with E-state index in [0.717, 1.165) is 62.8 Å². The number of unbranched alkanes of at least 4 members (excludes halogenated alkanes) is 1. The number of hydrogen-bond donors (Lipinski definition) is 1. The summed E-state index contributed by atoms with van der Waals surface area (Å²) in [6.07, 6.45) is 1.81. The first-order valence-corrected chi connectivity index (χ1v) is 11.7. The number of aromatic hydroxyl groups is 1. The van der Waals surface area contributed by atoms with Gasteiger partial charge in [0.15, 0.2) is 0 Å². The van der Waals surface area contributed by atoms with Gasteiger partial charge in [-0.3, -0.25) is 19.4 Å². The van der Waals surface area contributed by atoms with Crippen LogP contribution in [0.3, 0.4) is 0 Å². The lowest BCUT2D eigenvalue weighted by molar-refractivity contribution is -0.137. The number of nitrogens with zero attached hydrogens (tertiary/aromatic N) is 3. The average Bonchev–Trinajstić information content (AvgIpc) is 2.97. The summed E-state index contributed by atoms with van der Waals surface area (Å²) in [5.74, 6) is 1.97. The number of phenols is 1. The zero-order valence-corrected chi connectivity index (χ0v) is 17.4. The van der Waals surface area contributed by atoms with E-state index in [1.807, 2.05) is 18.2 Å². The van der Waals surface area contributed by atoms with Crippen molar-refractivity contribution in [2.45, 2.75) is 12.8 Å². The number of amides is 2. The third kappa shape index (κ3) is 4.04. The number of carbonyl (C=O) groups is 2. The second-order valence-corrected chi connectivity index (χ2v) is 9.35. The highest BCUT2D eigenvalue weighted by Gasteiger charge is 2.39. The third-order valence-corrected chi connectivity index (χ3v) is 7.90. The zero-order valence-electron chi connectivity index (χ0n) is 15.8. The van der Waals surface area contributed by atoms with Gasteiger partial charge >= 0.3 is 0 Å². The Morgan fingerprint density at radius 2 is 1.46 bits per heavy atom. The fourth-order valence-electron chi connectivity index (χ4n) is 3.83. The van der Waals surface area contributed by atoms with Crippen LogP contribution in [-0.2, 0) is 9.59 Å². The fraction of sp³-hybridized carbons (Fsp3) is 0.500. The fourth-order valence-corrected chi connectivity index (χ4v) is 6.16. The molecule has 0 saturated carbocycles. The molecule has 0 radical (unpaired) electrons. The predicted octanol–water partition coefficient (Wildman–Crippen LogP) is 2.35. The van der Waals surface area contributed by atoms with Gasteiger partial charge in [-0.25, -0.2) is 0 Å². The highest BCUT2D eigenvalue weighted by Crippen LogP contribution is 2.40. The largest absolute Gasteiger partial charge is 0.506 e. The van der Waals surface area contributed by atoms with Gasteiger partial charge in [-0.2, -0.15) is 0 Å². The van der Waals surface area contributed by atoms with Crippen molar-refractivity contribution in [1.82, 2.24) is 9.80 Å². The molecule has 3 aliphatic rings. The second kappa shape index (κ2) is 8.80. The molecule has 8 heteroatoms. The van der Waals surface area contributed by atoms with Gasteiger partial charge in [-0.15, -0.1) is 23.5 Å². The van der Waals surface area contributed by atoms with Crippen molar-refractivity contribution in [3.63, 3.8) is 0 Å². The average molecular weight is 420 g/mol. The number of hydrogen-bond acceptors (Lipinski definition) is 7. The van der Waals surface area contributed by atoms with E-state index in [4.69, 9.17) is 0 Å². The van der Waals surface area contributed by atoms with Gasteiger partial charge in [0.25, 0.3) is 11.8 Å². The maximum absolute atomic E-state index is 12.4. The molecule has 1 saturated heterocycles. The quantitative estimate of drug-likeness (QED) is 0.561. The first-order valence-electron chi connectivity index (χ1n) is 9.76. The van der Waals surface area contributed by atoms with Gasteiger partial charge < -0.3 is 10.0 Å². The molecule has 1 N–H and O–H groups in total. The van der Waals surface area contributed by atoms with Gasteiger partial charge in [0.05, 0.1) is 15.5 Å². The smallest absolute Gasteiger partial charge is 0.268 e. The van der Waals surface area contributed by atoms with Crippen molar-refractivity contribution < 1.29 is 14.7 Å². The Kier molecular flexibility index (Phi) is 6.18. The molecule has 0 bridgehead atoms. The Morgan fingerprint density at radius 3 is 2.11 bits per heavy atom. The highest BCUT2D eigenvalue weighted by atomic mass is 32.2. The van der Waals surface area contributed by atoms with Gasteiger partial charge in [0.1, 0.15) is 5.75 Å². The lowest BCUT2D eigenvalue weighted by Crippen LogP contribution is -2.46. The van der Waals surface area contributed by atoms with Crippen LogP contribution in [-0.4, -0.2) is 77.5 Å². The normalized spacial score (nSPS) is 20.9. The van der Waals surface area contributed by atoms with Crippen LogP contribution in [0.4, 0.5) is 5.69 Å². The van der Waals surface area contributed by atoms with Crippen LogP contribution in [0.1, 0.15) is 12.8 Å². The summed E-state index contributed by atoms with van der Waals surface area (Å²) >= 11 is 3.05. The molecule has 3 heterocycles. The molecule has 3 aliphatic heterocycles. The Morgan fingerprint density at radius 1 is 0.857 bits per heavy atom. The minimum atomic E-state index is -0.0894. The van der Waals surface area contributed by atoms with Gasteiger partial charge in [0.2, 0.25) is 0 Å². The third-order valence-electron chi connectivity index (χ3n) is 5.36. The Labute approximate surface area is 173 Å². The molecule has 0 spiro atoms. The number of phenolic OH excluding ortho intramolecular Hbond substituents is 1. The Balaban J connectivity index is 1.19. The van der Waals surface area contributed by atoms with Crippen molar-refractivity contribution in [3.8, 4) is 5.75 Å². The summed E-state index contributed by atoms with van der Waals surface area (Å²) in [6.45, 7) is 5.20. The standard InChI is InChI=1S/C20H25N3O3S2/c24-16-6-2-1-5-15(16)22-11-9-21(10-12-22)7-3-4-8-23-19(25)17-18(20(23)26)28-14-13-27-17/h1-2,5-6,24H,3-4,7-14H2. The maximum atomic E-state index is 12.4. The van der Waals surface area contributed by atoms with E-state index in [0.29, 0.717) is 22.1 Å². The van der Waals surface area contributed by atoms with Crippen molar-refractivity contribution in [3.05, 3.63) is 34.1 Å². The molecule has 2 amide bonds. The highest BCUT2D eigenvalue weighted by molar-refractivity contribution is 8.11. The molecule has 1 aromatic carbocycles. The SMILES string of the molecule is O=C1C2=C(SCCS2)C(=O)N1CCCCN1CCN(c2ccccc2O)CC1. The van der Waals surface area contributed by atoms with E-state index in [9.17, 15) is 14.7 Å². The number of piperazine rings is 1. The lowest BCUT2D eigenvalue weighted by atomic mass is 10.2. The van der Waals surface area contributed by atoms with Crippen LogP contribution < -0.4 is 4.90 Å². The molecule has 0 aliphatic carbocycles. The number of anilines is 1. The molecule has 1 fully saturated rings. The van der Waals surface area contributed by atoms with Crippen molar-refractivity contribution in [2.75, 3.05) is 55.7 Å². The molecule has 150 valence electrons. The molecular formula is C20H25N3O3S2. The van der Waals surface area contributed by atoms with Crippen LogP contribution >= 0.6 is 23.5 Å². The summed E-state index contributed by atoms with van der Waals surface area (Å²) < 4.78 is 0. The maximum Gasteiger partial charge on any atom is 0.268 e. The van der Waals surface area contributed by atoms with Crippen LogP contribution in [0, 0.1) is 0 Å². The number of para-hydroxylation sites is 2. The Hall–Kier alpha value is -1.64. The topological polar surface area (TPSA) is 64.1 Å². The predicted molar refractivity (Wildman–Crippen MR) is 115 cm³/mol. The summed E-state index contributed by atoms with van der Waals surface area (Å²) in [4.78, 5) is 32.3. The van der Waals surface area contributed by atoms with Gasteiger partial charge in [-0.05, 0) is 31.5 Å². The number of thioether (sulfide) groups is 2. The van der Waals surface area contributed by atoms with E-state index in [2.05, 4.69) is 9.80 Å². The minimum absolute atomic E-state index is 0.0894. The van der Waals surface area contributed by atoms with E-state index < -0.39 is 0 Å². The van der Waals surface area contributed by atoms with Crippen molar-refractivity contribution in [1.29, 1.82) is 0 Å². The molecule has 0 atom stereocenters. The van der Waals surface area contributed by atoms with Crippen LogP contribution in [0.2, 0.25) is 0 Å². The molecule has 4 rings (SSSR count). The molecule has 0 aromatic heterocycles. The van der Waals surface area contributed by atoms with E-state index >= 15 is 0 Å². The Bertz CT molecular complexity index is 763. The van der Waals surface area contributed by atoms with E-state index in [1.54, 1.807) is 6.07 Å². The zero-order chi connectivity index (χ0) is 19.5. The molecular weight excluding hydrogens is 394 g/mol. The van der Waals surface area contributed by atoms with Gasteiger partial charge in [-0.1, -0.05) is 12.1 Å². The number of carbonyl (C=O) groups excluding carboxylic acids is 2. The lowest BCUT2D eigenvalue weighted by Gasteiger charge is -2.36. The summed E-state index contributed by atoms with van der Waals surface area (Å²) in [5.41, 5.74) is 0.903. The summed E-state index contributed by atoms with van der Waals surface area (Å²) in [5, 5.41) is 10.0. The number of benzene rings is 1. The van der Waals surface area contributed by atoms with Crippen LogP contribution in [0.5, 0.6) is 5.75 Å². The van der Waals surface area contributed by atoms with E-state index in [1.165, 1.54) is 28.4 Å². The first-order chi connectivity index (χ1) is 13.6. The minimum Gasteiger partial charge on any atom is -0.506 e. The first kappa shape index (κ1) is 19.7. The van der Waals surface area contributed by atoms with E-state index in [-0.39, 0.29) is 11.8 Å².